The summed E-state index contributed by atoms with van der Waals surface area (Å²) in [5.74, 6) is 0. The van der Waals surface area contributed by atoms with Gasteiger partial charge in [0.2, 0.25) is 0 Å². The molecule has 1 aromatic carbocycles. The Bertz CT molecular complexity index is 463. The van der Waals surface area contributed by atoms with Crippen LogP contribution >= 0.6 is 11.6 Å². The fourth-order valence-electron chi connectivity index (χ4n) is 3.35. The second-order valence-corrected chi connectivity index (χ2v) is 5.65. The second kappa shape index (κ2) is 4.56. The molecule has 2 saturated heterocycles. The molecule has 1 aromatic rings. The Balaban J connectivity index is 1.94. The average molecular weight is 266 g/mol. The summed E-state index contributed by atoms with van der Waals surface area (Å²) in [5, 5.41) is 10.4. The maximum atomic E-state index is 10.7. The number of nitrogens with zero attached hydrogens (tertiary/aromatic N) is 1. The number of carbonyl (C=O) groups excluding carboxylic acids is 1. The van der Waals surface area contributed by atoms with E-state index in [9.17, 15) is 9.90 Å². The lowest BCUT2D eigenvalue weighted by atomic mass is 9.99. The molecule has 0 saturated carbocycles. The van der Waals surface area contributed by atoms with Crippen molar-refractivity contribution in [2.75, 3.05) is 4.90 Å². The van der Waals surface area contributed by atoms with Crippen LogP contribution in [0, 0.1) is 0 Å². The number of aldehydes is 1. The maximum Gasteiger partial charge on any atom is 0.150 e. The molecule has 18 heavy (non-hydrogen) atoms. The lowest BCUT2D eigenvalue weighted by Crippen LogP contribution is -2.44. The number of aliphatic hydroxyl groups excluding tert-OH is 1. The summed E-state index contributed by atoms with van der Waals surface area (Å²) in [4.78, 5) is 13.1. The lowest BCUT2D eigenvalue weighted by molar-refractivity contribution is 0.112. The number of piperidine rings is 1. The minimum atomic E-state index is -0.174. The van der Waals surface area contributed by atoms with Crippen LogP contribution in [0.5, 0.6) is 0 Å². The first kappa shape index (κ1) is 12.0. The minimum Gasteiger partial charge on any atom is -0.393 e. The molecule has 0 aromatic heterocycles. The second-order valence-electron chi connectivity index (χ2n) is 5.25. The Morgan fingerprint density at radius 3 is 2.50 bits per heavy atom. The van der Waals surface area contributed by atoms with Gasteiger partial charge in [-0.3, -0.25) is 4.79 Å². The van der Waals surface area contributed by atoms with Crippen LogP contribution in [0.4, 0.5) is 5.69 Å². The number of carbonyl (C=O) groups is 1. The van der Waals surface area contributed by atoms with E-state index in [0.717, 1.165) is 37.7 Å². The Kier molecular flexibility index (Phi) is 3.04. The summed E-state index contributed by atoms with van der Waals surface area (Å²) in [6.07, 6.45) is 4.52. The first-order chi connectivity index (χ1) is 8.69. The van der Waals surface area contributed by atoms with Gasteiger partial charge in [-0.1, -0.05) is 11.6 Å². The van der Waals surface area contributed by atoms with Crippen molar-refractivity contribution in [3.63, 3.8) is 0 Å². The summed E-state index contributed by atoms with van der Waals surface area (Å²) >= 11 is 6.27. The molecule has 2 fully saturated rings. The van der Waals surface area contributed by atoms with Gasteiger partial charge in [0, 0.05) is 17.6 Å². The van der Waals surface area contributed by atoms with Crippen LogP contribution in [0.2, 0.25) is 5.02 Å². The largest absolute Gasteiger partial charge is 0.393 e. The predicted octanol–water partition coefficient (Wildman–Crippen LogP) is 2.64. The van der Waals surface area contributed by atoms with E-state index in [1.54, 1.807) is 12.1 Å². The van der Waals surface area contributed by atoms with Gasteiger partial charge < -0.3 is 10.0 Å². The molecule has 1 N–H and O–H groups in total. The molecule has 3 rings (SSSR count). The number of fused-ring (bicyclic) bond motifs is 2. The van der Waals surface area contributed by atoms with Gasteiger partial charge >= 0.3 is 0 Å². The maximum absolute atomic E-state index is 10.7. The Labute approximate surface area is 111 Å². The molecule has 2 aliphatic rings. The van der Waals surface area contributed by atoms with Crippen molar-refractivity contribution in [2.24, 2.45) is 0 Å². The van der Waals surface area contributed by atoms with E-state index in [-0.39, 0.29) is 6.10 Å². The first-order valence-corrected chi connectivity index (χ1v) is 6.78. The smallest absolute Gasteiger partial charge is 0.150 e. The third-order valence-electron chi connectivity index (χ3n) is 4.09. The molecule has 0 radical (unpaired) electrons. The molecule has 0 aliphatic carbocycles. The van der Waals surface area contributed by atoms with E-state index in [1.165, 1.54) is 0 Å². The molecule has 0 amide bonds. The molecular weight excluding hydrogens is 250 g/mol. The lowest BCUT2D eigenvalue weighted by Gasteiger charge is -2.39. The van der Waals surface area contributed by atoms with Crippen LogP contribution in [0.25, 0.3) is 0 Å². The van der Waals surface area contributed by atoms with Gasteiger partial charge in [-0.15, -0.1) is 0 Å². The zero-order chi connectivity index (χ0) is 12.7. The molecular formula is C14H16ClNO2. The van der Waals surface area contributed by atoms with Crippen LogP contribution in [0.3, 0.4) is 0 Å². The highest BCUT2D eigenvalue weighted by molar-refractivity contribution is 6.33. The normalized spacial score (nSPS) is 30.6. The van der Waals surface area contributed by atoms with E-state index >= 15 is 0 Å². The van der Waals surface area contributed by atoms with Gasteiger partial charge in [0.15, 0.2) is 0 Å². The highest BCUT2D eigenvalue weighted by Gasteiger charge is 2.40. The third-order valence-corrected chi connectivity index (χ3v) is 4.40. The zero-order valence-corrected chi connectivity index (χ0v) is 10.8. The Hall–Kier alpha value is -1.06. The van der Waals surface area contributed by atoms with Crippen molar-refractivity contribution in [1.82, 2.24) is 0 Å². The Morgan fingerprint density at radius 1 is 1.28 bits per heavy atom. The van der Waals surface area contributed by atoms with Gasteiger partial charge in [-0.25, -0.2) is 0 Å². The topological polar surface area (TPSA) is 40.5 Å². The molecule has 2 aliphatic heterocycles. The van der Waals surface area contributed by atoms with E-state index < -0.39 is 0 Å². The van der Waals surface area contributed by atoms with Crippen molar-refractivity contribution < 1.29 is 9.90 Å². The average Bonchev–Trinajstić information content (AvgIpc) is 2.61. The van der Waals surface area contributed by atoms with Crippen LogP contribution in [0.15, 0.2) is 18.2 Å². The highest BCUT2D eigenvalue weighted by atomic mass is 35.5. The SMILES string of the molecule is O=Cc1ccc(N2C3CCC2CC(O)C3)c(Cl)c1. The van der Waals surface area contributed by atoms with Crippen molar-refractivity contribution in [2.45, 2.75) is 43.9 Å². The molecule has 2 bridgehead atoms. The number of hydrogen-bond acceptors (Lipinski definition) is 3. The quantitative estimate of drug-likeness (QED) is 0.836. The van der Waals surface area contributed by atoms with E-state index in [1.807, 2.05) is 6.07 Å². The summed E-state index contributed by atoms with van der Waals surface area (Å²) < 4.78 is 0. The van der Waals surface area contributed by atoms with Crippen molar-refractivity contribution in [3.05, 3.63) is 28.8 Å². The third kappa shape index (κ3) is 1.91. The predicted molar refractivity (Wildman–Crippen MR) is 71.4 cm³/mol. The summed E-state index contributed by atoms with van der Waals surface area (Å²) in [5.41, 5.74) is 1.61. The standard InChI is InChI=1S/C14H16ClNO2/c15-13-5-9(8-17)1-4-14(13)16-10-2-3-11(16)7-12(18)6-10/h1,4-5,8,10-12,18H,2-3,6-7H2. The minimum absolute atomic E-state index is 0.174. The summed E-state index contributed by atoms with van der Waals surface area (Å²) in [6, 6.07) is 6.22. The van der Waals surface area contributed by atoms with E-state index in [4.69, 9.17) is 11.6 Å². The Morgan fingerprint density at radius 2 is 1.94 bits per heavy atom. The molecule has 96 valence electrons. The molecule has 2 heterocycles. The van der Waals surface area contributed by atoms with Gasteiger partial charge in [-0.2, -0.15) is 0 Å². The van der Waals surface area contributed by atoms with Gasteiger partial charge in [0.1, 0.15) is 6.29 Å². The van der Waals surface area contributed by atoms with Gasteiger partial charge in [0.05, 0.1) is 16.8 Å². The number of anilines is 1. The first-order valence-electron chi connectivity index (χ1n) is 6.40. The van der Waals surface area contributed by atoms with Crippen molar-refractivity contribution >= 4 is 23.6 Å². The van der Waals surface area contributed by atoms with Crippen molar-refractivity contribution in [3.8, 4) is 0 Å². The van der Waals surface area contributed by atoms with Crippen LogP contribution < -0.4 is 4.90 Å². The summed E-state index contributed by atoms with van der Waals surface area (Å²) in [6.45, 7) is 0. The number of hydrogen-bond donors (Lipinski definition) is 1. The molecule has 2 atom stereocenters. The fraction of sp³-hybridized carbons (Fsp3) is 0.500. The van der Waals surface area contributed by atoms with Crippen LogP contribution in [0.1, 0.15) is 36.0 Å². The molecule has 3 nitrogen and oxygen atoms in total. The van der Waals surface area contributed by atoms with Gasteiger partial charge in [-0.05, 0) is 43.9 Å². The van der Waals surface area contributed by atoms with Gasteiger partial charge in [0.25, 0.3) is 0 Å². The number of halogens is 1. The number of rotatable bonds is 2. The van der Waals surface area contributed by atoms with Crippen molar-refractivity contribution in [1.29, 1.82) is 0 Å². The van der Waals surface area contributed by atoms with Crippen LogP contribution in [-0.4, -0.2) is 29.6 Å². The number of benzene rings is 1. The number of aliphatic hydroxyl groups is 1. The molecule has 2 unspecified atom stereocenters. The van der Waals surface area contributed by atoms with Crippen LogP contribution in [-0.2, 0) is 0 Å². The van der Waals surface area contributed by atoms with E-state index in [2.05, 4.69) is 4.90 Å². The van der Waals surface area contributed by atoms with E-state index in [0.29, 0.717) is 22.7 Å². The molecule has 4 heteroatoms. The molecule has 0 spiro atoms. The fourth-order valence-corrected chi connectivity index (χ4v) is 3.63. The monoisotopic (exact) mass is 265 g/mol. The summed E-state index contributed by atoms with van der Waals surface area (Å²) in [7, 11) is 0. The highest BCUT2D eigenvalue weighted by Crippen LogP contribution is 2.42. The zero-order valence-electron chi connectivity index (χ0n) is 10.1.